The summed E-state index contributed by atoms with van der Waals surface area (Å²) in [5, 5.41) is 18.5. The Morgan fingerprint density at radius 3 is 3.18 bits per heavy atom. The van der Waals surface area contributed by atoms with Gasteiger partial charge in [-0.2, -0.15) is 0 Å². The van der Waals surface area contributed by atoms with Crippen LogP contribution in [0.1, 0.15) is 12.8 Å². The molecular weight excluding hydrogens is 144 g/mol. The topological polar surface area (TPSA) is 49.7 Å². The van der Waals surface area contributed by atoms with E-state index in [0.29, 0.717) is 18.8 Å². The predicted molar refractivity (Wildman–Crippen MR) is 39.2 cm³/mol. The van der Waals surface area contributed by atoms with Gasteiger partial charge in [-0.15, -0.1) is 0 Å². The Labute approximate surface area is 65.3 Å². The van der Waals surface area contributed by atoms with Crippen LogP contribution < -0.4 is 0 Å². The van der Waals surface area contributed by atoms with Crippen LogP contribution in [-0.2, 0) is 4.74 Å². The summed E-state index contributed by atoms with van der Waals surface area (Å²) in [6, 6.07) is 0. The second-order valence-corrected chi connectivity index (χ2v) is 3.24. The van der Waals surface area contributed by atoms with Gasteiger partial charge in [0.05, 0.1) is 24.6 Å². The number of fused-ring (bicyclic) bond motifs is 1. The molecule has 0 aromatic rings. The van der Waals surface area contributed by atoms with Crippen molar-refractivity contribution in [1.29, 1.82) is 0 Å². The van der Waals surface area contributed by atoms with E-state index < -0.39 is 0 Å². The fourth-order valence-electron chi connectivity index (χ4n) is 1.80. The van der Waals surface area contributed by atoms with Crippen LogP contribution in [0.25, 0.3) is 0 Å². The van der Waals surface area contributed by atoms with E-state index in [1.807, 2.05) is 0 Å². The number of ether oxygens (including phenoxy) is 1. The molecule has 1 fully saturated rings. The Morgan fingerprint density at radius 1 is 1.55 bits per heavy atom. The molecule has 0 saturated carbocycles. The van der Waals surface area contributed by atoms with Crippen LogP contribution in [0, 0.1) is 5.92 Å². The standard InChI is InChI=1S/C8H12O3/c9-5-1-2-6-7(10)4-11-8(6)3-5/h1,6-10H,2-4H2. The highest BCUT2D eigenvalue weighted by Crippen LogP contribution is 2.32. The number of hydrogen-bond acceptors (Lipinski definition) is 3. The lowest BCUT2D eigenvalue weighted by Crippen LogP contribution is -2.26. The van der Waals surface area contributed by atoms with E-state index in [1.165, 1.54) is 0 Å². The lowest BCUT2D eigenvalue weighted by molar-refractivity contribution is 0.0748. The maximum atomic E-state index is 9.37. The number of hydrogen-bond donors (Lipinski definition) is 2. The predicted octanol–water partition coefficient (Wildman–Crippen LogP) is 0.598. The van der Waals surface area contributed by atoms with Crippen LogP contribution in [0.5, 0.6) is 0 Å². The molecular formula is C8H12O3. The molecule has 3 atom stereocenters. The second kappa shape index (κ2) is 2.50. The van der Waals surface area contributed by atoms with Gasteiger partial charge in [0.15, 0.2) is 0 Å². The minimum Gasteiger partial charge on any atom is -0.513 e. The van der Waals surface area contributed by atoms with Crippen LogP contribution in [0.3, 0.4) is 0 Å². The average Bonchev–Trinajstić information content (AvgIpc) is 2.32. The van der Waals surface area contributed by atoms with E-state index in [2.05, 4.69) is 0 Å². The maximum absolute atomic E-state index is 9.37. The summed E-state index contributed by atoms with van der Waals surface area (Å²) in [4.78, 5) is 0. The van der Waals surface area contributed by atoms with Crippen molar-refractivity contribution in [1.82, 2.24) is 0 Å². The minimum atomic E-state index is -0.329. The van der Waals surface area contributed by atoms with E-state index in [9.17, 15) is 5.11 Å². The molecule has 1 aliphatic heterocycles. The lowest BCUT2D eigenvalue weighted by Gasteiger charge is -2.22. The molecule has 0 aromatic heterocycles. The van der Waals surface area contributed by atoms with Crippen molar-refractivity contribution < 1.29 is 14.9 Å². The van der Waals surface area contributed by atoms with E-state index in [0.717, 1.165) is 6.42 Å². The molecule has 1 heterocycles. The van der Waals surface area contributed by atoms with Crippen LogP contribution in [0.15, 0.2) is 11.8 Å². The van der Waals surface area contributed by atoms with E-state index in [1.54, 1.807) is 6.08 Å². The second-order valence-electron chi connectivity index (χ2n) is 3.24. The molecule has 3 heteroatoms. The van der Waals surface area contributed by atoms with Gasteiger partial charge in [0, 0.05) is 12.3 Å². The molecule has 2 aliphatic rings. The van der Waals surface area contributed by atoms with Crippen molar-refractivity contribution in [2.75, 3.05) is 6.61 Å². The van der Waals surface area contributed by atoms with Gasteiger partial charge < -0.3 is 14.9 Å². The number of aliphatic hydroxyl groups excluding tert-OH is 2. The highest BCUT2D eigenvalue weighted by atomic mass is 16.5. The number of rotatable bonds is 0. The van der Waals surface area contributed by atoms with Crippen LogP contribution in [0.4, 0.5) is 0 Å². The Balaban J connectivity index is 2.11. The molecule has 0 radical (unpaired) electrons. The largest absolute Gasteiger partial charge is 0.513 e. The molecule has 0 bridgehead atoms. The van der Waals surface area contributed by atoms with E-state index in [4.69, 9.17) is 9.84 Å². The molecule has 62 valence electrons. The zero-order valence-corrected chi connectivity index (χ0v) is 6.23. The van der Waals surface area contributed by atoms with Gasteiger partial charge in [-0.1, -0.05) is 0 Å². The van der Waals surface area contributed by atoms with E-state index in [-0.39, 0.29) is 18.1 Å². The van der Waals surface area contributed by atoms with Gasteiger partial charge >= 0.3 is 0 Å². The summed E-state index contributed by atoms with van der Waals surface area (Å²) in [7, 11) is 0. The fourth-order valence-corrected chi connectivity index (χ4v) is 1.80. The Morgan fingerprint density at radius 2 is 2.36 bits per heavy atom. The summed E-state index contributed by atoms with van der Waals surface area (Å²) in [6.07, 6.45) is 2.82. The van der Waals surface area contributed by atoms with Crippen molar-refractivity contribution in [3.05, 3.63) is 11.8 Å². The first-order valence-corrected chi connectivity index (χ1v) is 3.95. The van der Waals surface area contributed by atoms with Crippen molar-refractivity contribution in [3.8, 4) is 0 Å². The van der Waals surface area contributed by atoms with Crippen LogP contribution in [0.2, 0.25) is 0 Å². The molecule has 2 rings (SSSR count). The Kier molecular flexibility index (Phi) is 1.62. The third-order valence-electron chi connectivity index (χ3n) is 2.49. The smallest absolute Gasteiger partial charge is 0.0909 e. The molecule has 0 aromatic carbocycles. The van der Waals surface area contributed by atoms with Crippen LogP contribution in [-0.4, -0.2) is 29.0 Å². The first-order valence-electron chi connectivity index (χ1n) is 3.95. The van der Waals surface area contributed by atoms with E-state index >= 15 is 0 Å². The first kappa shape index (κ1) is 7.13. The molecule has 1 aliphatic carbocycles. The SMILES string of the molecule is OC1=CCC2C(O)COC2C1. The summed E-state index contributed by atoms with van der Waals surface area (Å²) in [6.45, 7) is 0.427. The van der Waals surface area contributed by atoms with Gasteiger partial charge in [0.25, 0.3) is 0 Å². The zero-order chi connectivity index (χ0) is 7.84. The van der Waals surface area contributed by atoms with Gasteiger partial charge in [0.2, 0.25) is 0 Å². The van der Waals surface area contributed by atoms with Gasteiger partial charge in [-0.3, -0.25) is 0 Å². The summed E-state index contributed by atoms with van der Waals surface area (Å²) >= 11 is 0. The maximum Gasteiger partial charge on any atom is 0.0909 e. The summed E-state index contributed by atoms with van der Waals surface area (Å²) in [5.41, 5.74) is 0. The Bertz CT molecular complexity index is 188. The van der Waals surface area contributed by atoms with Crippen LogP contribution >= 0.6 is 0 Å². The Hall–Kier alpha value is -0.540. The monoisotopic (exact) mass is 156 g/mol. The summed E-state index contributed by atoms with van der Waals surface area (Å²) in [5.74, 6) is 0.617. The summed E-state index contributed by atoms with van der Waals surface area (Å²) < 4.78 is 5.29. The third kappa shape index (κ3) is 1.14. The van der Waals surface area contributed by atoms with Gasteiger partial charge in [-0.25, -0.2) is 0 Å². The van der Waals surface area contributed by atoms with Crippen molar-refractivity contribution in [2.24, 2.45) is 5.92 Å². The quantitative estimate of drug-likeness (QED) is 0.540. The lowest BCUT2D eigenvalue weighted by atomic mass is 9.88. The minimum absolute atomic E-state index is 0.0509. The highest BCUT2D eigenvalue weighted by Gasteiger charge is 2.37. The van der Waals surface area contributed by atoms with Gasteiger partial charge in [-0.05, 0) is 12.5 Å². The number of aliphatic hydroxyl groups is 2. The molecule has 3 unspecified atom stereocenters. The highest BCUT2D eigenvalue weighted by molar-refractivity contribution is 5.05. The molecule has 3 nitrogen and oxygen atoms in total. The molecule has 0 amide bonds. The third-order valence-corrected chi connectivity index (χ3v) is 2.49. The van der Waals surface area contributed by atoms with Crippen molar-refractivity contribution in [2.45, 2.75) is 25.0 Å². The fraction of sp³-hybridized carbons (Fsp3) is 0.750. The molecule has 1 saturated heterocycles. The molecule has 11 heavy (non-hydrogen) atoms. The van der Waals surface area contributed by atoms with Gasteiger partial charge in [0.1, 0.15) is 0 Å². The number of allylic oxidation sites excluding steroid dienone is 1. The zero-order valence-electron chi connectivity index (χ0n) is 6.23. The van der Waals surface area contributed by atoms with Crippen molar-refractivity contribution in [3.63, 3.8) is 0 Å². The molecule has 2 N–H and O–H groups in total. The average molecular weight is 156 g/mol. The molecule has 0 spiro atoms. The normalized spacial score (nSPS) is 43.4. The first-order chi connectivity index (χ1) is 5.27. The van der Waals surface area contributed by atoms with Crippen molar-refractivity contribution >= 4 is 0 Å².